The minimum absolute atomic E-state index is 0.00658. The summed E-state index contributed by atoms with van der Waals surface area (Å²) in [7, 11) is 2.23. The van der Waals surface area contributed by atoms with Crippen LogP contribution < -0.4 is 0 Å². The number of amides is 1. The van der Waals surface area contributed by atoms with Crippen LogP contribution in [0.5, 0.6) is 0 Å². The number of para-hydroxylation sites is 1. The number of H-pyrrole nitrogens is 1. The van der Waals surface area contributed by atoms with Gasteiger partial charge in [-0.2, -0.15) is 0 Å². The van der Waals surface area contributed by atoms with E-state index < -0.39 is 0 Å². The summed E-state index contributed by atoms with van der Waals surface area (Å²) < 4.78 is 0. The van der Waals surface area contributed by atoms with Gasteiger partial charge in [0.25, 0.3) is 5.91 Å². The molecule has 5 nitrogen and oxygen atoms in total. The summed E-state index contributed by atoms with van der Waals surface area (Å²) in [4.78, 5) is 25.4. The van der Waals surface area contributed by atoms with Gasteiger partial charge >= 0.3 is 0 Å². The lowest BCUT2D eigenvalue weighted by Gasteiger charge is -2.50. The molecule has 1 aromatic carbocycles. The maximum Gasteiger partial charge on any atom is 0.255 e. The van der Waals surface area contributed by atoms with Gasteiger partial charge in [0.05, 0.1) is 11.1 Å². The van der Waals surface area contributed by atoms with Crippen LogP contribution in [0.3, 0.4) is 0 Å². The highest BCUT2D eigenvalue weighted by Crippen LogP contribution is 2.44. The van der Waals surface area contributed by atoms with Crippen molar-refractivity contribution in [2.75, 3.05) is 26.7 Å². The fourth-order valence-electron chi connectivity index (χ4n) is 5.11. The zero-order chi connectivity index (χ0) is 19.3. The van der Waals surface area contributed by atoms with Crippen LogP contribution in [0.2, 0.25) is 0 Å². The van der Waals surface area contributed by atoms with E-state index in [-0.39, 0.29) is 11.4 Å². The van der Waals surface area contributed by atoms with Gasteiger partial charge in [-0.3, -0.25) is 14.7 Å². The van der Waals surface area contributed by atoms with Gasteiger partial charge in [-0.1, -0.05) is 18.2 Å². The fourth-order valence-corrected chi connectivity index (χ4v) is 5.11. The molecule has 1 saturated heterocycles. The number of nitrogens with zero attached hydrogens (tertiary/aromatic N) is 3. The molecule has 5 heteroatoms. The highest BCUT2D eigenvalue weighted by Gasteiger charge is 2.45. The number of benzene rings is 1. The second kappa shape index (κ2) is 6.45. The minimum Gasteiger partial charge on any atom is -0.357 e. The summed E-state index contributed by atoms with van der Waals surface area (Å²) in [5, 5.41) is 1.36. The summed E-state index contributed by atoms with van der Waals surface area (Å²) in [5.41, 5.74) is 5.78. The predicted molar refractivity (Wildman–Crippen MR) is 110 cm³/mol. The Hall–Kier alpha value is -2.66. The third-order valence-electron chi connectivity index (χ3n) is 6.85. The second-order valence-electron chi connectivity index (χ2n) is 8.21. The summed E-state index contributed by atoms with van der Waals surface area (Å²) in [5.74, 6) is 0.107. The number of carbonyl (C=O) groups is 1. The third-order valence-corrected chi connectivity index (χ3v) is 6.85. The number of likely N-dealkylation sites (tertiary alicyclic amines) is 1. The van der Waals surface area contributed by atoms with Crippen LogP contribution >= 0.6 is 0 Å². The van der Waals surface area contributed by atoms with E-state index in [1.807, 2.05) is 17.9 Å². The van der Waals surface area contributed by atoms with E-state index in [1.165, 1.54) is 22.2 Å². The molecule has 5 rings (SSSR count). The van der Waals surface area contributed by atoms with E-state index in [1.54, 1.807) is 12.4 Å². The summed E-state index contributed by atoms with van der Waals surface area (Å²) >= 11 is 0. The fraction of sp³-hybridized carbons (Fsp3) is 0.391. The largest absolute Gasteiger partial charge is 0.357 e. The maximum atomic E-state index is 13.0. The molecule has 0 aliphatic carbocycles. The Balaban J connectivity index is 1.46. The molecule has 1 spiro atoms. The molecule has 4 heterocycles. The van der Waals surface area contributed by atoms with E-state index in [2.05, 4.69) is 46.2 Å². The molecule has 0 saturated carbocycles. The zero-order valence-electron chi connectivity index (χ0n) is 16.5. The number of aromatic nitrogens is 2. The monoisotopic (exact) mass is 374 g/mol. The average Bonchev–Trinajstić information content (AvgIpc) is 3.11. The zero-order valence-corrected chi connectivity index (χ0v) is 16.5. The van der Waals surface area contributed by atoms with E-state index >= 15 is 0 Å². The number of carbonyl (C=O) groups excluding carboxylic acids is 1. The Morgan fingerprint density at radius 2 is 1.93 bits per heavy atom. The van der Waals surface area contributed by atoms with Crippen molar-refractivity contribution < 1.29 is 4.79 Å². The minimum atomic E-state index is -0.00658. The van der Waals surface area contributed by atoms with E-state index in [4.69, 9.17) is 0 Å². The average molecular weight is 374 g/mol. The molecule has 28 heavy (non-hydrogen) atoms. The Morgan fingerprint density at radius 1 is 1.14 bits per heavy atom. The molecule has 1 fully saturated rings. The normalized spacial score (nSPS) is 19.1. The predicted octanol–water partition coefficient (Wildman–Crippen LogP) is 3.49. The summed E-state index contributed by atoms with van der Waals surface area (Å²) in [6.07, 6.45) is 6.42. The van der Waals surface area contributed by atoms with Crippen molar-refractivity contribution in [3.8, 4) is 0 Å². The first-order valence-electron chi connectivity index (χ1n) is 10.1. The van der Waals surface area contributed by atoms with Gasteiger partial charge in [-0.15, -0.1) is 0 Å². The van der Waals surface area contributed by atoms with Crippen LogP contribution in [0.15, 0.2) is 42.7 Å². The molecular weight excluding hydrogens is 348 g/mol. The van der Waals surface area contributed by atoms with Crippen LogP contribution in [-0.4, -0.2) is 52.4 Å². The van der Waals surface area contributed by atoms with Gasteiger partial charge in [0.1, 0.15) is 0 Å². The molecule has 0 atom stereocenters. The lowest BCUT2D eigenvalue weighted by molar-refractivity contribution is 0.0231. The number of aromatic amines is 1. The van der Waals surface area contributed by atoms with E-state index in [9.17, 15) is 4.79 Å². The molecule has 0 radical (unpaired) electrons. The van der Waals surface area contributed by atoms with Gasteiger partial charge in [0, 0.05) is 48.6 Å². The van der Waals surface area contributed by atoms with Gasteiger partial charge in [-0.05, 0) is 56.5 Å². The first-order valence-corrected chi connectivity index (χ1v) is 10.1. The quantitative estimate of drug-likeness (QED) is 0.709. The number of hydrogen-bond acceptors (Lipinski definition) is 3. The van der Waals surface area contributed by atoms with Crippen LogP contribution in [0.1, 0.15) is 40.0 Å². The van der Waals surface area contributed by atoms with Crippen LogP contribution in [0, 0.1) is 6.92 Å². The van der Waals surface area contributed by atoms with Gasteiger partial charge in [-0.25, -0.2) is 0 Å². The highest BCUT2D eigenvalue weighted by molar-refractivity contribution is 5.95. The van der Waals surface area contributed by atoms with Crippen LogP contribution in [0.25, 0.3) is 10.9 Å². The van der Waals surface area contributed by atoms with Crippen molar-refractivity contribution in [2.45, 2.75) is 31.7 Å². The summed E-state index contributed by atoms with van der Waals surface area (Å²) in [6, 6.07) is 10.5. The molecule has 144 valence electrons. The molecule has 1 amide bonds. The lowest BCUT2D eigenvalue weighted by atomic mass is 9.77. The third kappa shape index (κ3) is 2.49. The van der Waals surface area contributed by atoms with Crippen molar-refractivity contribution in [2.24, 2.45) is 0 Å². The highest BCUT2D eigenvalue weighted by atomic mass is 16.2. The Morgan fingerprint density at radius 3 is 2.71 bits per heavy atom. The molecule has 2 aliphatic heterocycles. The number of aryl methyl sites for hydroxylation is 1. The second-order valence-corrected chi connectivity index (χ2v) is 8.21. The molecule has 0 bridgehead atoms. The van der Waals surface area contributed by atoms with Crippen molar-refractivity contribution >= 4 is 16.8 Å². The number of fused-ring (bicyclic) bond motifs is 4. The van der Waals surface area contributed by atoms with Crippen LogP contribution in [-0.2, 0) is 12.0 Å². The number of hydrogen-bond donors (Lipinski definition) is 1. The van der Waals surface area contributed by atoms with E-state index in [0.29, 0.717) is 0 Å². The van der Waals surface area contributed by atoms with Gasteiger partial charge in [0.15, 0.2) is 0 Å². The van der Waals surface area contributed by atoms with Crippen LogP contribution in [0.4, 0.5) is 0 Å². The smallest absolute Gasteiger partial charge is 0.255 e. The van der Waals surface area contributed by atoms with E-state index in [0.717, 1.165) is 50.0 Å². The van der Waals surface area contributed by atoms with Crippen molar-refractivity contribution in [1.82, 2.24) is 19.8 Å². The first-order chi connectivity index (χ1) is 13.6. The molecule has 0 unspecified atom stereocenters. The molecule has 1 N–H and O–H groups in total. The molecular formula is C23H26N4O. The lowest BCUT2D eigenvalue weighted by Crippen LogP contribution is -2.55. The first kappa shape index (κ1) is 17.4. The molecule has 3 aromatic rings. The Labute approximate surface area is 165 Å². The summed E-state index contributed by atoms with van der Waals surface area (Å²) in [6.45, 7) is 4.58. The SMILES string of the molecule is Cc1ccncc1C(=O)N1CCC2(CC1)c1[nH]c3ccccc3c1CCN2C. The number of pyridine rings is 1. The standard InChI is InChI=1S/C23H26N4O/c1-16-7-11-24-15-19(16)22(28)27-13-9-23(10-14-27)21-18(8-12-26(23)2)17-5-3-4-6-20(17)25-21/h3-7,11,15,25H,8-10,12-14H2,1-2H3. The molecule has 2 aromatic heterocycles. The van der Waals surface area contributed by atoms with Gasteiger partial charge < -0.3 is 9.88 Å². The molecule has 2 aliphatic rings. The number of piperidine rings is 1. The number of likely N-dealkylation sites (N-methyl/N-ethyl adjacent to an activating group) is 1. The Kier molecular flexibility index (Phi) is 4.02. The van der Waals surface area contributed by atoms with Crippen molar-refractivity contribution in [1.29, 1.82) is 0 Å². The van der Waals surface area contributed by atoms with Gasteiger partial charge in [0.2, 0.25) is 0 Å². The maximum absolute atomic E-state index is 13.0. The van der Waals surface area contributed by atoms with Crippen molar-refractivity contribution in [3.05, 3.63) is 65.1 Å². The Bertz CT molecular complexity index is 1050. The topological polar surface area (TPSA) is 52.2 Å². The van der Waals surface area contributed by atoms with Crippen molar-refractivity contribution in [3.63, 3.8) is 0 Å². The number of rotatable bonds is 1. The number of nitrogens with one attached hydrogen (secondary N) is 1.